The third-order valence-electron chi connectivity index (χ3n) is 6.02. The second-order valence-corrected chi connectivity index (χ2v) is 7.97. The summed E-state index contributed by atoms with van der Waals surface area (Å²) < 4.78 is 45.5. The largest absolute Gasteiger partial charge is 0.416 e. The lowest BCUT2D eigenvalue weighted by atomic mass is 9.80. The van der Waals surface area contributed by atoms with Gasteiger partial charge >= 0.3 is 6.18 Å². The first kappa shape index (κ1) is 20.1. The van der Waals surface area contributed by atoms with Gasteiger partial charge in [-0.05, 0) is 30.0 Å². The van der Waals surface area contributed by atoms with Gasteiger partial charge in [-0.1, -0.05) is 48.5 Å². The molecule has 2 saturated heterocycles. The Bertz CT molecular complexity index is 839. The summed E-state index contributed by atoms with van der Waals surface area (Å²) in [5.41, 5.74) is 0.574. The van der Waals surface area contributed by atoms with Crippen molar-refractivity contribution in [2.24, 2.45) is 5.92 Å². The second kappa shape index (κ2) is 8.28. The SMILES string of the molecule is O=C(Cc1ccccc1C(F)(F)F)C1CC2COCC(C1)N2Cc1ccccc1. The molecule has 154 valence electrons. The highest BCUT2D eigenvalue weighted by Crippen LogP contribution is 2.36. The van der Waals surface area contributed by atoms with Crippen molar-refractivity contribution in [3.05, 3.63) is 71.3 Å². The zero-order chi connectivity index (χ0) is 20.4. The quantitative estimate of drug-likeness (QED) is 0.737. The van der Waals surface area contributed by atoms with Crippen LogP contribution in [0.1, 0.15) is 29.5 Å². The summed E-state index contributed by atoms with van der Waals surface area (Å²) in [5.74, 6) is -0.319. The van der Waals surface area contributed by atoms with Crippen LogP contribution < -0.4 is 0 Å². The van der Waals surface area contributed by atoms with Crippen molar-refractivity contribution in [3.63, 3.8) is 0 Å². The maximum atomic E-state index is 13.3. The number of hydrogen-bond acceptors (Lipinski definition) is 3. The number of nitrogens with zero attached hydrogens (tertiary/aromatic N) is 1. The highest BCUT2D eigenvalue weighted by molar-refractivity contribution is 5.84. The Hall–Kier alpha value is -2.18. The first-order valence-electron chi connectivity index (χ1n) is 9.97. The molecule has 2 aromatic carbocycles. The molecule has 3 nitrogen and oxygen atoms in total. The number of piperidine rings is 1. The molecule has 0 aliphatic carbocycles. The number of hydrogen-bond donors (Lipinski definition) is 0. The van der Waals surface area contributed by atoms with Crippen LogP contribution in [0.15, 0.2) is 54.6 Å². The Morgan fingerprint density at radius 2 is 1.59 bits per heavy atom. The Morgan fingerprint density at radius 1 is 0.966 bits per heavy atom. The molecule has 2 heterocycles. The van der Waals surface area contributed by atoms with Crippen LogP contribution in [0.2, 0.25) is 0 Å². The van der Waals surface area contributed by atoms with E-state index in [1.165, 1.54) is 17.7 Å². The zero-order valence-corrected chi connectivity index (χ0v) is 16.1. The molecule has 0 amide bonds. The Labute approximate surface area is 168 Å². The Morgan fingerprint density at radius 3 is 2.24 bits per heavy atom. The van der Waals surface area contributed by atoms with Gasteiger partial charge in [-0.3, -0.25) is 9.69 Å². The van der Waals surface area contributed by atoms with Crippen molar-refractivity contribution in [2.75, 3.05) is 13.2 Å². The van der Waals surface area contributed by atoms with E-state index in [-0.39, 0.29) is 35.8 Å². The summed E-state index contributed by atoms with van der Waals surface area (Å²) in [6.45, 7) is 1.93. The number of morpholine rings is 1. The number of fused-ring (bicyclic) bond motifs is 2. The molecule has 2 aromatic rings. The molecule has 2 unspecified atom stereocenters. The number of ketones is 1. The minimum atomic E-state index is -4.44. The maximum Gasteiger partial charge on any atom is 0.416 e. The monoisotopic (exact) mass is 403 g/mol. The van der Waals surface area contributed by atoms with Crippen LogP contribution >= 0.6 is 0 Å². The van der Waals surface area contributed by atoms with Crippen molar-refractivity contribution in [1.82, 2.24) is 4.90 Å². The maximum absolute atomic E-state index is 13.3. The number of rotatable bonds is 5. The van der Waals surface area contributed by atoms with E-state index in [4.69, 9.17) is 4.74 Å². The second-order valence-electron chi connectivity index (χ2n) is 7.97. The zero-order valence-electron chi connectivity index (χ0n) is 16.1. The van der Waals surface area contributed by atoms with Crippen LogP contribution in [0.4, 0.5) is 13.2 Å². The van der Waals surface area contributed by atoms with Gasteiger partial charge in [0.1, 0.15) is 5.78 Å². The molecule has 0 spiro atoms. The summed E-state index contributed by atoms with van der Waals surface area (Å²) in [7, 11) is 0. The van der Waals surface area contributed by atoms with Gasteiger partial charge in [0.25, 0.3) is 0 Å². The van der Waals surface area contributed by atoms with E-state index in [1.54, 1.807) is 6.07 Å². The summed E-state index contributed by atoms with van der Waals surface area (Å²) in [6, 6.07) is 15.8. The average molecular weight is 403 g/mol. The first-order chi connectivity index (χ1) is 13.9. The number of halogens is 3. The standard InChI is InChI=1S/C23H24F3NO2/c24-23(25,26)21-9-5-4-8-17(21)12-22(28)18-10-19-14-29-15-20(11-18)27(19)13-16-6-2-1-3-7-16/h1-9,18-20H,10-15H2. The smallest absolute Gasteiger partial charge is 0.378 e. The Balaban J connectivity index is 1.46. The molecule has 2 atom stereocenters. The third kappa shape index (κ3) is 4.54. The van der Waals surface area contributed by atoms with Gasteiger partial charge in [0, 0.05) is 31.0 Å². The molecular formula is C23H24F3NO2. The lowest BCUT2D eigenvalue weighted by Gasteiger charge is -2.48. The highest BCUT2D eigenvalue weighted by Gasteiger charge is 2.41. The summed E-state index contributed by atoms with van der Waals surface area (Å²) in [6.07, 6.45) is -3.34. The van der Waals surface area contributed by atoms with Gasteiger partial charge < -0.3 is 4.74 Å². The fourth-order valence-corrected chi connectivity index (χ4v) is 4.59. The Kier molecular flexibility index (Phi) is 5.74. The van der Waals surface area contributed by atoms with E-state index < -0.39 is 11.7 Å². The van der Waals surface area contributed by atoms with Crippen molar-refractivity contribution < 1.29 is 22.7 Å². The van der Waals surface area contributed by atoms with Crippen LogP contribution in [0.3, 0.4) is 0 Å². The molecule has 2 aliphatic heterocycles. The molecule has 0 N–H and O–H groups in total. The fourth-order valence-electron chi connectivity index (χ4n) is 4.59. The molecule has 4 rings (SSSR count). The number of ether oxygens (including phenoxy) is 1. The van der Waals surface area contributed by atoms with Crippen LogP contribution in [-0.2, 0) is 28.7 Å². The average Bonchev–Trinajstić information content (AvgIpc) is 2.68. The van der Waals surface area contributed by atoms with Crippen LogP contribution in [0, 0.1) is 5.92 Å². The molecule has 29 heavy (non-hydrogen) atoms. The molecule has 2 aliphatic rings. The lowest BCUT2D eigenvalue weighted by molar-refractivity contribution is -0.138. The summed E-state index contributed by atoms with van der Waals surface area (Å²) in [5, 5.41) is 0. The summed E-state index contributed by atoms with van der Waals surface area (Å²) >= 11 is 0. The molecular weight excluding hydrogens is 379 g/mol. The minimum absolute atomic E-state index is 0.0677. The first-order valence-corrected chi connectivity index (χ1v) is 9.97. The molecule has 2 bridgehead atoms. The van der Waals surface area contributed by atoms with E-state index >= 15 is 0 Å². The van der Waals surface area contributed by atoms with Gasteiger partial charge in [-0.25, -0.2) is 0 Å². The van der Waals surface area contributed by atoms with E-state index in [2.05, 4.69) is 17.0 Å². The third-order valence-corrected chi connectivity index (χ3v) is 6.02. The highest BCUT2D eigenvalue weighted by atomic mass is 19.4. The lowest BCUT2D eigenvalue weighted by Crippen LogP contribution is -2.57. The van der Waals surface area contributed by atoms with Gasteiger partial charge in [0.05, 0.1) is 18.8 Å². The number of alkyl halides is 3. The van der Waals surface area contributed by atoms with Crippen molar-refractivity contribution >= 4 is 5.78 Å². The van der Waals surface area contributed by atoms with Crippen LogP contribution in [0.5, 0.6) is 0 Å². The van der Waals surface area contributed by atoms with Crippen LogP contribution in [0.25, 0.3) is 0 Å². The van der Waals surface area contributed by atoms with Gasteiger partial charge in [0.15, 0.2) is 0 Å². The normalized spacial score (nSPS) is 25.0. The van der Waals surface area contributed by atoms with Gasteiger partial charge in [-0.15, -0.1) is 0 Å². The van der Waals surface area contributed by atoms with E-state index in [0.29, 0.717) is 26.1 Å². The van der Waals surface area contributed by atoms with Crippen molar-refractivity contribution in [2.45, 2.75) is 44.1 Å². The molecule has 0 radical (unpaired) electrons. The van der Waals surface area contributed by atoms with E-state index in [9.17, 15) is 18.0 Å². The predicted octanol–water partition coefficient (Wildman–Crippen LogP) is 4.50. The van der Waals surface area contributed by atoms with E-state index in [1.807, 2.05) is 18.2 Å². The predicted molar refractivity (Wildman–Crippen MR) is 103 cm³/mol. The van der Waals surface area contributed by atoms with E-state index in [0.717, 1.165) is 12.6 Å². The van der Waals surface area contributed by atoms with Crippen LogP contribution in [-0.4, -0.2) is 36.0 Å². The fraction of sp³-hybridized carbons (Fsp3) is 0.435. The molecule has 0 saturated carbocycles. The van der Waals surface area contributed by atoms with Crippen molar-refractivity contribution in [3.8, 4) is 0 Å². The molecule has 0 aromatic heterocycles. The number of carbonyl (C=O) groups is 1. The molecule has 6 heteroatoms. The molecule has 2 fully saturated rings. The van der Waals surface area contributed by atoms with Gasteiger partial charge in [0.2, 0.25) is 0 Å². The number of benzene rings is 2. The minimum Gasteiger partial charge on any atom is -0.378 e. The van der Waals surface area contributed by atoms with Crippen molar-refractivity contribution in [1.29, 1.82) is 0 Å². The van der Waals surface area contributed by atoms with Gasteiger partial charge in [-0.2, -0.15) is 13.2 Å². The topological polar surface area (TPSA) is 29.5 Å². The number of carbonyl (C=O) groups excluding carboxylic acids is 1. The number of Topliss-reactive ketones (excluding diaryl/α,β-unsaturated/α-hetero) is 1. The summed E-state index contributed by atoms with van der Waals surface area (Å²) in [4.78, 5) is 15.3.